The number of piperazine rings is 1. The smallest absolute Gasteiger partial charge is 0.275 e. The molecule has 0 atom stereocenters. The molecule has 3 aromatic rings. The summed E-state index contributed by atoms with van der Waals surface area (Å²) in [5.74, 6) is 0.743. The summed E-state index contributed by atoms with van der Waals surface area (Å²) in [6, 6.07) is 4.73. The van der Waals surface area contributed by atoms with Gasteiger partial charge >= 0.3 is 0 Å². The van der Waals surface area contributed by atoms with Crippen molar-refractivity contribution in [3.63, 3.8) is 0 Å². The molecule has 0 aliphatic carbocycles. The maximum absolute atomic E-state index is 13.6. The second-order valence-electron chi connectivity index (χ2n) is 9.52. The molecule has 0 bridgehead atoms. The van der Waals surface area contributed by atoms with E-state index in [2.05, 4.69) is 16.8 Å². The maximum Gasteiger partial charge on any atom is 0.275 e. The van der Waals surface area contributed by atoms with Gasteiger partial charge in [0.2, 0.25) is 10.0 Å². The molecule has 13 heteroatoms. The third-order valence-corrected chi connectivity index (χ3v) is 8.78. The lowest BCUT2D eigenvalue weighted by Crippen LogP contribution is -2.76. The Hall–Kier alpha value is -2.81. The first kappa shape index (κ1) is 29.2. The number of benzene rings is 1. The third kappa shape index (κ3) is 6.34. The Labute approximate surface area is 228 Å². The normalized spacial score (nSPS) is 15.3. The number of hydrogen-bond donors (Lipinski definition) is 2. The SMILES string of the molecule is CCCOc1ccc(S(=O)(=O)N2CCN(CCO[NH2+][O-])CC2)cc1-c1nc2c(CCC)cn(CC)c2c(=O)[nH]1. The minimum absolute atomic E-state index is 0.113. The molecule has 1 aromatic carbocycles. The predicted molar refractivity (Wildman–Crippen MR) is 148 cm³/mol. The first-order chi connectivity index (χ1) is 18.8. The van der Waals surface area contributed by atoms with Crippen molar-refractivity contribution in [3.8, 4) is 17.1 Å². The van der Waals surface area contributed by atoms with E-state index in [4.69, 9.17) is 14.6 Å². The average molecular weight is 563 g/mol. The molecule has 214 valence electrons. The average Bonchev–Trinajstić information content (AvgIpc) is 3.30. The van der Waals surface area contributed by atoms with Gasteiger partial charge < -0.3 is 19.5 Å². The lowest BCUT2D eigenvalue weighted by Gasteiger charge is -2.33. The zero-order valence-electron chi connectivity index (χ0n) is 22.8. The van der Waals surface area contributed by atoms with E-state index in [1.807, 2.05) is 24.6 Å². The van der Waals surface area contributed by atoms with Crippen molar-refractivity contribution in [2.75, 3.05) is 45.9 Å². The number of aryl methyl sites for hydroxylation is 2. The number of nitrogens with two attached hydrogens (primary N) is 1. The van der Waals surface area contributed by atoms with Crippen molar-refractivity contribution in [1.82, 2.24) is 23.7 Å². The Morgan fingerprint density at radius 3 is 2.54 bits per heavy atom. The van der Waals surface area contributed by atoms with Crippen LogP contribution in [0.2, 0.25) is 0 Å². The predicted octanol–water partition coefficient (Wildman–Crippen LogP) is 1.45. The van der Waals surface area contributed by atoms with E-state index in [9.17, 15) is 18.4 Å². The molecule has 0 spiro atoms. The van der Waals surface area contributed by atoms with Crippen LogP contribution in [0.25, 0.3) is 22.4 Å². The molecule has 0 amide bonds. The highest BCUT2D eigenvalue weighted by atomic mass is 32.2. The molecule has 1 saturated heterocycles. The topological polar surface area (TPSA) is 149 Å². The van der Waals surface area contributed by atoms with Gasteiger partial charge in [0, 0.05) is 45.5 Å². The molecule has 3 N–H and O–H groups in total. The zero-order chi connectivity index (χ0) is 28.0. The number of nitrogens with one attached hydrogen (secondary N) is 1. The first-order valence-corrected chi connectivity index (χ1v) is 14.9. The lowest BCUT2D eigenvalue weighted by molar-refractivity contribution is -0.850. The summed E-state index contributed by atoms with van der Waals surface area (Å²) in [6.07, 6.45) is 4.42. The van der Waals surface area contributed by atoms with Gasteiger partial charge in [0.05, 0.1) is 22.6 Å². The van der Waals surface area contributed by atoms with Crippen LogP contribution in [0.1, 0.15) is 39.2 Å². The molecular weight excluding hydrogens is 524 g/mol. The Morgan fingerprint density at radius 2 is 1.87 bits per heavy atom. The van der Waals surface area contributed by atoms with Crippen LogP contribution < -0.4 is 15.9 Å². The quantitative estimate of drug-likeness (QED) is 0.235. The fourth-order valence-corrected chi connectivity index (χ4v) is 6.31. The van der Waals surface area contributed by atoms with Crippen molar-refractivity contribution >= 4 is 21.1 Å². The largest absolute Gasteiger partial charge is 0.601 e. The van der Waals surface area contributed by atoms with Gasteiger partial charge in [0.15, 0.2) is 0 Å². The Morgan fingerprint density at radius 1 is 1.10 bits per heavy atom. The monoisotopic (exact) mass is 562 g/mol. The molecule has 1 fully saturated rings. The number of aromatic nitrogens is 3. The van der Waals surface area contributed by atoms with Gasteiger partial charge in [0.25, 0.3) is 5.56 Å². The van der Waals surface area contributed by atoms with Gasteiger partial charge in [-0.1, -0.05) is 20.3 Å². The molecule has 12 nitrogen and oxygen atoms in total. The van der Waals surface area contributed by atoms with Crippen molar-refractivity contribution < 1.29 is 23.6 Å². The molecule has 0 saturated carbocycles. The van der Waals surface area contributed by atoms with E-state index in [1.54, 1.807) is 18.2 Å². The number of rotatable bonds is 13. The number of fused-ring (bicyclic) bond motifs is 1. The highest BCUT2D eigenvalue weighted by Gasteiger charge is 2.30. The highest BCUT2D eigenvalue weighted by molar-refractivity contribution is 7.89. The summed E-state index contributed by atoms with van der Waals surface area (Å²) in [6.45, 7) is 9.65. The summed E-state index contributed by atoms with van der Waals surface area (Å²) in [7, 11) is -3.81. The fourth-order valence-electron chi connectivity index (χ4n) is 4.87. The van der Waals surface area contributed by atoms with Crippen LogP contribution in [0.4, 0.5) is 0 Å². The second kappa shape index (κ2) is 13.0. The van der Waals surface area contributed by atoms with Gasteiger partial charge in [-0.3, -0.25) is 9.69 Å². The molecule has 0 radical (unpaired) electrons. The minimum atomic E-state index is -3.81. The van der Waals surface area contributed by atoms with E-state index in [-0.39, 0.29) is 22.9 Å². The molecular formula is C26H38N6O6S. The van der Waals surface area contributed by atoms with E-state index in [1.165, 1.54) is 4.31 Å². The van der Waals surface area contributed by atoms with Crippen LogP contribution in [-0.4, -0.2) is 78.1 Å². The van der Waals surface area contributed by atoms with Gasteiger partial charge in [-0.25, -0.2) is 23.9 Å². The molecule has 0 unspecified atom stereocenters. The molecule has 39 heavy (non-hydrogen) atoms. The molecule has 2 aromatic heterocycles. The van der Waals surface area contributed by atoms with Gasteiger partial charge in [-0.05, 0) is 43.5 Å². The van der Waals surface area contributed by atoms with Crippen LogP contribution in [0.5, 0.6) is 5.75 Å². The number of aromatic amines is 1. The molecule has 3 heterocycles. The summed E-state index contributed by atoms with van der Waals surface area (Å²) in [5.41, 5.74) is 2.69. The summed E-state index contributed by atoms with van der Waals surface area (Å²) in [4.78, 5) is 27.9. The van der Waals surface area contributed by atoms with E-state index in [0.29, 0.717) is 73.9 Å². The van der Waals surface area contributed by atoms with Crippen LogP contribution in [0.3, 0.4) is 0 Å². The standard InChI is InChI=1S/C26H38N6O6S/c1-4-7-19-18-31(6-3)24-23(19)27-25(28-26(24)33)21-17-20(8-9-22(21)37-15-5-2)39(35,36)32-12-10-30(11-13-32)14-16-38-29-34/h8-9,17-18H,4-7,10-16,29H2,1-3H3,(H,27,28,33). The zero-order valence-corrected chi connectivity index (χ0v) is 23.6. The van der Waals surface area contributed by atoms with Crippen LogP contribution in [-0.2, 0) is 27.8 Å². The van der Waals surface area contributed by atoms with Crippen LogP contribution in [0.15, 0.2) is 34.1 Å². The van der Waals surface area contributed by atoms with Crippen LogP contribution >= 0.6 is 0 Å². The fraction of sp³-hybridized carbons (Fsp3) is 0.538. The Bertz CT molecular complexity index is 1430. The molecule has 4 rings (SSSR count). The van der Waals surface area contributed by atoms with Crippen molar-refractivity contribution in [1.29, 1.82) is 0 Å². The number of H-pyrrole nitrogens is 1. The third-order valence-electron chi connectivity index (χ3n) is 6.89. The van der Waals surface area contributed by atoms with Gasteiger partial charge in [-0.2, -0.15) is 4.31 Å². The number of quaternary nitrogens is 1. The van der Waals surface area contributed by atoms with E-state index < -0.39 is 10.0 Å². The maximum atomic E-state index is 13.6. The Kier molecular flexibility index (Phi) is 9.75. The van der Waals surface area contributed by atoms with Gasteiger partial charge in [-0.15, -0.1) is 0 Å². The van der Waals surface area contributed by atoms with Crippen molar-refractivity contribution in [2.45, 2.75) is 51.5 Å². The number of ether oxygens (including phenoxy) is 1. The minimum Gasteiger partial charge on any atom is -0.601 e. The summed E-state index contributed by atoms with van der Waals surface area (Å²) >= 11 is 0. The molecule has 1 aliphatic heterocycles. The number of nitrogens with zero attached hydrogens (tertiary/aromatic N) is 4. The van der Waals surface area contributed by atoms with E-state index >= 15 is 0 Å². The lowest BCUT2D eigenvalue weighted by atomic mass is 10.1. The summed E-state index contributed by atoms with van der Waals surface area (Å²) < 4.78 is 36.6. The highest BCUT2D eigenvalue weighted by Crippen LogP contribution is 2.33. The van der Waals surface area contributed by atoms with Crippen molar-refractivity contribution in [3.05, 3.63) is 45.5 Å². The first-order valence-electron chi connectivity index (χ1n) is 13.5. The van der Waals surface area contributed by atoms with E-state index in [0.717, 1.165) is 24.8 Å². The van der Waals surface area contributed by atoms with Crippen LogP contribution in [0, 0.1) is 5.21 Å². The molecule has 1 aliphatic rings. The number of sulfonamides is 1. The Balaban J connectivity index is 1.71. The van der Waals surface area contributed by atoms with Gasteiger partial charge in [0.1, 0.15) is 23.7 Å². The summed E-state index contributed by atoms with van der Waals surface area (Å²) in [5, 5.41) is 10.4. The second-order valence-corrected chi connectivity index (χ2v) is 11.5. The number of hydrogen-bond acceptors (Lipinski definition) is 8. The van der Waals surface area contributed by atoms with Crippen molar-refractivity contribution in [2.24, 2.45) is 0 Å².